The fourth-order valence-electron chi connectivity index (χ4n) is 3.15. The first-order valence-electron chi connectivity index (χ1n) is 7.04. The number of aromatic nitrogens is 2. The summed E-state index contributed by atoms with van der Waals surface area (Å²) >= 11 is 0. The number of rotatable bonds is 6. The largest absolute Gasteiger partial charge is 0.333 e. The molecule has 0 bridgehead atoms. The zero-order chi connectivity index (χ0) is 13.0. The highest BCUT2D eigenvalue weighted by atomic mass is 15.2. The normalized spacial score (nSPS) is 19.5. The third-order valence-electron chi connectivity index (χ3n) is 3.89. The minimum atomic E-state index is 0.373. The molecular weight excluding hydrogens is 224 g/mol. The van der Waals surface area contributed by atoms with Gasteiger partial charge in [-0.15, -0.1) is 0 Å². The van der Waals surface area contributed by atoms with E-state index in [-0.39, 0.29) is 0 Å². The van der Waals surface area contributed by atoms with Gasteiger partial charge < -0.3 is 9.88 Å². The van der Waals surface area contributed by atoms with Crippen LogP contribution >= 0.6 is 0 Å². The molecule has 1 atom stereocenters. The molecule has 2 rings (SSSR count). The Balaban J connectivity index is 1.96. The van der Waals surface area contributed by atoms with E-state index in [2.05, 4.69) is 46.9 Å². The van der Waals surface area contributed by atoms with Gasteiger partial charge in [0.15, 0.2) is 0 Å². The van der Waals surface area contributed by atoms with E-state index in [9.17, 15) is 0 Å². The summed E-state index contributed by atoms with van der Waals surface area (Å²) in [6.07, 6.45) is 6.53. The van der Waals surface area contributed by atoms with Crippen molar-refractivity contribution in [2.24, 2.45) is 5.41 Å². The smallest absolute Gasteiger partial charge is 0.122 e. The standard InChI is InChI=1S/C14H26N4/c1-4-5-14(2,11-15-3)12-17-8-9-18-7-6-16-13(18)10-17/h6-7,15H,4-5,8-12H2,1-3H3. The zero-order valence-electron chi connectivity index (χ0n) is 11.9. The van der Waals surface area contributed by atoms with Gasteiger partial charge in [-0.2, -0.15) is 0 Å². The molecule has 1 aromatic rings. The topological polar surface area (TPSA) is 33.1 Å². The molecule has 0 radical (unpaired) electrons. The van der Waals surface area contributed by atoms with Crippen LogP contribution in [0.25, 0.3) is 0 Å². The minimum Gasteiger partial charge on any atom is -0.333 e. The lowest BCUT2D eigenvalue weighted by Gasteiger charge is -2.37. The van der Waals surface area contributed by atoms with E-state index in [4.69, 9.17) is 0 Å². The third-order valence-corrected chi connectivity index (χ3v) is 3.89. The SMILES string of the molecule is CCCC(C)(CNC)CN1CCn2ccnc2C1. The van der Waals surface area contributed by atoms with Gasteiger partial charge in [-0.05, 0) is 18.9 Å². The minimum absolute atomic E-state index is 0.373. The van der Waals surface area contributed by atoms with Gasteiger partial charge in [-0.3, -0.25) is 4.90 Å². The van der Waals surface area contributed by atoms with Crippen molar-refractivity contribution in [2.75, 3.05) is 26.7 Å². The Morgan fingerprint density at radius 1 is 1.44 bits per heavy atom. The summed E-state index contributed by atoms with van der Waals surface area (Å²) in [5.41, 5.74) is 0.373. The average Bonchev–Trinajstić information content (AvgIpc) is 2.76. The summed E-state index contributed by atoms with van der Waals surface area (Å²) in [5, 5.41) is 3.35. The van der Waals surface area contributed by atoms with Crippen LogP contribution in [0.2, 0.25) is 0 Å². The van der Waals surface area contributed by atoms with Crippen molar-refractivity contribution in [3.8, 4) is 0 Å². The molecule has 0 aromatic carbocycles. The van der Waals surface area contributed by atoms with Gasteiger partial charge in [-0.25, -0.2) is 4.98 Å². The van der Waals surface area contributed by atoms with Gasteiger partial charge in [-0.1, -0.05) is 20.3 Å². The lowest BCUT2D eigenvalue weighted by molar-refractivity contribution is 0.124. The molecule has 1 aromatic heterocycles. The fourth-order valence-corrected chi connectivity index (χ4v) is 3.15. The summed E-state index contributed by atoms with van der Waals surface area (Å²) in [6, 6.07) is 0. The third kappa shape index (κ3) is 3.12. The van der Waals surface area contributed by atoms with Crippen molar-refractivity contribution in [1.82, 2.24) is 19.8 Å². The van der Waals surface area contributed by atoms with Crippen molar-refractivity contribution in [3.63, 3.8) is 0 Å². The van der Waals surface area contributed by atoms with Crippen molar-refractivity contribution in [3.05, 3.63) is 18.2 Å². The Labute approximate surface area is 110 Å². The van der Waals surface area contributed by atoms with E-state index in [1.807, 2.05) is 6.20 Å². The van der Waals surface area contributed by atoms with Crippen molar-refractivity contribution < 1.29 is 0 Å². The fraction of sp³-hybridized carbons (Fsp3) is 0.786. The first-order valence-corrected chi connectivity index (χ1v) is 7.04. The summed E-state index contributed by atoms with van der Waals surface area (Å²) < 4.78 is 2.27. The molecule has 1 aliphatic rings. The Morgan fingerprint density at radius 2 is 2.28 bits per heavy atom. The molecule has 102 valence electrons. The first kappa shape index (κ1) is 13.6. The van der Waals surface area contributed by atoms with Crippen LogP contribution in [0.4, 0.5) is 0 Å². The molecule has 0 amide bonds. The molecule has 4 nitrogen and oxygen atoms in total. The molecule has 0 saturated carbocycles. The molecule has 0 aliphatic carbocycles. The second-order valence-corrected chi connectivity index (χ2v) is 5.84. The second kappa shape index (κ2) is 5.85. The highest BCUT2D eigenvalue weighted by Crippen LogP contribution is 2.25. The summed E-state index contributed by atoms with van der Waals surface area (Å²) in [6.45, 7) is 10.1. The number of hydrogen-bond donors (Lipinski definition) is 1. The molecule has 2 heterocycles. The Bertz CT molecular complexity index is 366. The highest BCUT2D eigenvalue weighted by Gasteiger charge is 2.27. The van der Waals surface area contributed by atoms with Gasteiger partial charge in [0.25, 0.3) is 0 Å². The molecule has 1 aliphatic heterocycles. The van der Waals surface area contributed by atoms with Crippen molar-refractivity contribution in [1.29, 1.82) is 0 Å². The summed E-state index contributed by atoms with van der Waals surface area (Å²) in [7, 11) is 2.05. The van der Waals surface area contributed by atoms with E-state index in [0.717, 1.165) is 32.7 Å². The highest BCUT2D eigenvalue weighted by molar-refractivity contribution is 4.96. The lowest BCUT2D eigenvalue weighted by atomic mass is 9.84. The van der Waals surface area contributed by atoms with E-state index in [1.54, 1.807) is 0 Å². The van der Waals surface area contributed by atoms with Crippen molar-refractivity contribution in [2.45, 2.75) is 39.8 Å². The molecule has 18 heavy (non-hydrogen) atoms. The molecular formula is C14H26N4. The average molecular weight is 250 g/mol. The van der Waals surface area contributed by atoms with Crippen LogP contribution in [0, 0.1) is 5.41 Å². The molecule has 0 spiro atoms. The predicted molar refractivity (Wildman–Crippen MR) is 74.4 cm³/mol. The van der Waals surface area contributed by atoms with Crippen LogP contribution in [0.5, 0.6) is 0 Å². The van der Waals surface area contributed by atoms with Gasteiger partial charge in [0, 0.05) is 38.6 Å². The summed E-state index contributed by atoms with van der Waals surface area (Å²) in [4.78, 5) is 6.99. The number of nitrogens with zero attached hydrogens (tertiary/aromatic N) is 3. The van der Waals surface area contributed by atoms with Gasteiger partial charge in [0.2, 0.25) is 0 Å². The van der Waals surface area contributed by atoms with Gasteiger partial charge in [0.05, 0.1) is 6.54 Å². The number of nitrogens with one attached hydrogen (secondary N) is 1. The quantitative estimate of drug-likeness (QED) is 0.834. The van der Waals surface area contributed by atoms with E-state index < -0.39 is 0 Å². The molecule has 1 unspecified atom stereocenters. The van der Waals surface area contributed by atoms with Gasteiger partial charge in [0.1, 0.15) is 5.82 Å². The van der Waals surface area contributed by atoms with Crippen LogP contribution in [0.1, 0.15) is 32.5 Å². The predicted octanol–water partition coefficient (Wildman–Crippen LogP) is 1.72. The maximum Gasteiger partial charge on any atom is 0.122 e. The number of fused-ring (bicyclic) bond motifs is 1. The maximum atomic E-state index is 4.43. The van der Waals surface area contributed by atoms with E-state index in [0.29, 0.717) is 5.41 Å². The van der Waals surface area contributed by atoms with E-state index >= 15 is 0 Å². The number of imidazole rings is 1. The number of hydrogen-bond acceptors (Lipinski definition) is 3. The Kier molecular flexibility index (Phi) is 4.40. The molecule has 0 fully saturated rings. The van der Waals surface area contributed by atoms with Crippen LogP contribution < -0.4 is 5.32 Å². The maximum absolute atomic E-state index is 4.43. The second-order valence-electron chi connectivity index (χ2n) is 5.84. The van der Waals surface area contributed by atoms with E-state index in [1.165, 1.54) is 18.7 Å². The molecule has 1 N–H and O–H groups in total. The first-order chi connectivity index (χ1) is 8.67. The Hall–Kier alpha value is -0.870. The Morgan fingerprint density at radius 3 is 3.00 bits per heavy atom. The zero-order valence-corrected chi connectivity index (χ0v) is 11.9. The van der Waals surface area contributed by atoms with Crippen LogP contribution in [0.15, 0.2) is 12.4 Å². The van der Waals surface area contributed by atoms with Crippen LogP contribution in [0.3, 0.4) is 0 Å². The van der Waals surface area contributed by atoms with Gasteiger partial charge >= 0.3 is 0 Å². The lowest BCUT2D eigenvalue weighted by Crippen LogP contribution is -2.44. The van der Waals surface area contributed by atoms with Crippen LogP contribution in [-0.4, -0.2) is 41.1 Å². The molecule has 4 heteroatoms. The van der Waals surface area contributed by atoms with Crippen LogP contribution in [-0.2, 0) is 13.1 Å². The van der Waals surface area contributed by atoms with Crippen molar-refractivity contribution >= 4 is 0 Å². The molecule has 0 saturated heterocycles. The summed E-state index contributed by atoms with van der Waals surface area (Å²) in [5.74, 6) is 1.21. The monoisotopic (exact) mass is 250 g/mol.